The lowest BCUT2D eigenvalue weighted by Gasteiger charge is -2.23. The highest BCUT2D eigenvalue weighted by atomic mass is 31.2. The van der Waals surface area contributed by atoms with Crippen LogP contribution in [-0.2, 0) is 6.54 Å². The van der Waals surface area contributed by atoms with Crippen LogP contribution in [0.15, 0.2) is 59.6 Å². The summed E-state index contributed by atoms with van der Waals surface area (Å²) in [5.41, 5.74) is 1.41. The van der Waals surface area contributed by atoms with Gasteiger partial charge in [0.1, 0.15) is 5.30 Å². The minimum Gasteiger partial charge on any atom is -0.862 e. The lowest BCUT2D eigenvalue weighted by Crippen LogP contribution is -2.33. The zero-order chi connectivity index (χ0) is 15.3. The zero-order valence-corrected chi connectivity index (χ0v) is 12.5. The van der Waals surface area contributed by atoms with Gasteiger partial charge in [-0.15, -0.1) is 0 Å². The van der Waals surface area contributed by atoms with E-state index >= 15 is 0 Å². The Morgan fingerprint density at radius 1 is 1.14 bits per heavy atom. The third kappa shape index (κ3) is 4.62. The van der Waals surface area contributed by atoms with Crippen molar-refractivity contribution < 1.29 is 14.9 Å². The van der Waals surface area contributed by atoms with Gasteiger partial charge >= 0.3 is 0 Å². The fourth-order valence-corrected chi connectivity index (χ4v) is 2.95. The van der Waals surface area contributed by atoms with Crippen molar-refractivity contribution in [1.82, 2.24) is 5.09 Å². The van der Waals surface area contributed by atoms with Gasteiger partial charge in [-0.1, -0.05) is 30.3 Å². The first-order valence-corrected chi connectivity index (χ1v) is 8.08. The maximum Gasteiger partial charge on any atom is 0.201 e. The summed E-state index contributed by atoms with van der Waals surface area (Å²) in [6.07, 6.45) is 0. The first-order valence-electron chi connectivity index (χ1n) is 6.42. The summed E-state index contributed by atoms with van der Waals surface area (Å²) in [4.78, 5) is 26.0. The molecular formula is C15H16N2O3P-. The lowest BCUT2D eigenvalue weighted by atomic mass is 10.2. The fourth-order valence-electron chi connectivity index (χ4n) is 1.79. The highest BCUT2D eigenvalue weighted by Crippen LogP contribution is 2.38. The van der Waals surface area contributed by atoms with Gasteiger partial charge in [-0.3, -0.25) is 4.99 Å². The summed E-state index contributed by atoms with van der Waals surface area (Å²) in [5, 5.41) is 13.9. The molecule has 0 amide bonds. The van der Waals surface area contributed by atoms with Crippen molar-refractivity contribution >= 4 is 24.8 Å². The van der Waals surface area contributed by atoms with Gasteiger partial charge in [0.05, 0.1) is 12.2 Å². The number of hydrogen-bond acceptors (Lipinski definition) is 5. The summed E-state index contributed by atoms with van der Waals surface area (Å²) < 4.78 is 0. The van der Waals surface area contributed by atoms with Crippen molar-refractivity contribution in [2.24, 2.45) is 4.99 Å². The molecule has 6 heteroatoms. The molecule has 0 aromatic heterocycles. The van der Waals surface area contributed by atoms with Gasteiger partial charge in [-0.2, -0.15) is 5.09 Å². The minimum absolute atomic E-state index is 0.253. The Morgan fingerprint density at radius 3 is 2.33 bits per heavy atom. The average Bonchev–Trinajstić information content (AvgIpc) is 2.47. The molecule has 21 heavy (non-hydrogen) atoms. The summed E-state index contributed by atoms with van der Waals surface area (Å²) in [6.45, 7) is 1.64. The van der Waals surface area contributed by atoms with E-state index < -0.39 is 7.87 Å². The van der Waals surface area contributed by atoms with Crippen LogP contribution in [0.2, 0.25) is 0 Å². The predicted octanol–water partition coefficient (Wildman–Crippen LogP) is 0.627. The van der Waals surface area contributed by atoms with Gasteiger partial charge in [0.25, 0.3) is 0 Å². The molecule has 0 radical (unpaired) electrons. The molecule has 0 aliphatic carbocycles. The van der Waals surface area contributed by atoms with E-state index in [0.717, 1.165) is 5.56 Å². The summed E-state index contributed by atoms with van der Waals surface area (Å²) in [6, 6.07) is 15.4. The highest BCUT2D eigenvalue weighted by molar-refractivity contribution is 7.69. The van der Waals surface area contributed by atoms with Crippen LogP contribution < -0.4 is 20.4 Å². The molecule has 2 aromatic rings. The Morgan fingerprint density at radius 2 is 1.76 bits per heavy atom. The Hall–Kier alpha value is -1.78. The molecule has 2 N–H and O–H groups in total. The molecule has 0 aliphatic rings. The molecule has 0 heterocycles. The van der Waals surface area contributed by atoms with Crippen molar-refractivity contribution in [3.05, 3.63) is 60.2 Å². The van der Waals surface area contributed by atoms with E-state index in [1.807, 2.05) is 0 Å². The van der Waals surface area contributed by atoms with Crippen molar-refractivity contribution in [3.63, 3.8) is 0 Å². The molecule has 110 valence electrons. The third-order valence-corrected chi connectivity index (χ3v) is 4.41. The number of hydrogen-bond donors (Lipinski definition) is 2. The minimum atomic E-state index is -3.57. The normalized spacial score (nSPS) is 14.7. The highest BCUT2D eigenvalue weighted by Gasteiger charge is 2.25. The number of nitrogens with zero attached hydrogens (tertiary/aromatic N) is 1. The topological polar surface area (TPSA) is 90.7 Å². The lowest BCUT2D eigenvalue weighted by molar-refractivity contribution is -0.215. The molecule has 1 unspecified atom stereocenters. The largest absolute Gasteiger partial charge is 0.862 e. The Kier molecular flexibility index (Phi) is 5.04. The van der Waals surface area contributed by atoms with Gasteiger partial charge < -0.3 is 10.00 Å². The summed E-state index contributed by atoms with van der Waals surface area (Å²) >= 11 is 0. The van der Waals surface area contributed by atoms with Crippen LogP contribution in [0.25, 0.3) is 0 Å². The number of rotatable bonds is 5. The maximum absolute atomic E-state index is 12.2. The van der Waals surface area contributed by atoms with Crippen LogP contribution in [0.4, 0.5) is 5.69 Å². The monoisotopic (exact) mass is 303 g/mol. The van der Waals surface area contributed by atoms with Crippen molar-refractivity contribution in [3.8, 4) is 0 Å². The van der Waals surface area contributed by atoms with Crippen LogP contribution in [-0.4, -0.2) is 10.8 Å². The quantitative estimate of drug-likeness (QED) is 0.481. The second-order valence-corrected chi connectivity index (χ2v) is 6.53. The molecule has 0 bridgehead atoms. The van der Waals surface area contributed by atoms with E-state index in [1.54, 1.807) is 54.6 Å². The van der Waals surface area contributed by atoms with E-state index in [9.17, 15) is 14.9 Å². The first-order chi connectivity index (χ1) is 9.97. The average molecular weight is 303 g/mol. The molecule has 1 atom stereocenters. The van der Waals surface area contributed by atoms with Crippen LogP contribution in [0, 0.1) is 0 Å². The molecule has 0 saturated heterocycles. The Bertz CT molecular complexity index is 609. The van der Waals surface area contributed by atoms with E-state index in [4.69, 9.17) is 0 Å². The Balaban J connectivity index is 2.01. The van der Waals surface area contributed by atoms with Gasteiger partial charge in [-0.25, -0.2) is 4.89 Å². The predicted molar refractivity (Wildman–Crippen MR) is 81.3 cm³/mol. The first kappa shape index (κ1) is 15.6. The third-order valence-electron chi connectivity index (χ3n) is 2.83. The van der Waals surface area contributed by atoms with Gasteiger partial charge in [0.15, 0.2) is 0 Å². The number of aliphatic imine (C=N–C) groups is 1. The molecule has 5 nitrogen and oxygen atoms in total. The van der Waals surface area contributed by atoms with Crippen molar-refractivity contribution in [2.45, 2.75) is 13.5 Å². The summed E-state index contributed by atoms with van der Waals surface area (Å²) in [7, 11) is -3.57. The van der Waals surface area contributed by atoms with Crippen LogP contribution in [0.3, 0.4) is 0 Å². The van der Waals surface area contributed by atoms with Crippen LogP contribution >= 0.6 is 7.87 Å². The van der Waals surface area contributed by atoms with Gasteiger partial charge in [-0.05, 0) is 42.7 Å². The van der Waals surface area contributed by atoms with Crippen molar-refractivity contribution in [2.75, 3.05) is 0 Å². The summed E-state index contributed by atoms with van der Waals surface area (Å²) in [5.74, 6) is -0.259. The SMILES string of the molecule is CC([O-])=Nc1ccc(CN[P+]([O-])(O)c2ccccc2)cc1. The van der Waals surface area contributed by atoms with Crippen LogP contribution in [0.1, 0.15) is 12.5 Å². The standard InChI is InChI=1S/C15H17N2O3P/c1-12(18)17-14-9-7-13(8-10-14)11-16-21(19,20)15-5-3-2-4-6-15/h2-10H,11H2,1H3,(H,17,18)(H2,16,19,20)/p-1. The zero-order valence-electron chi connectivity index (χ0n) is 11.6. The van der Waals surface area contributed by atoms with Crippen LogP contribution in [0.5, 0.6) is 0 Å². The fraction of sp³-hybridized carbons (Fsp3) is 0.133. The molecule has 0 fully saturated rings. The van der Waals surface area contributed by atoms with E-state index in [1.165, 1.54) is 6.92 Å². The molecular weight excluding hydrogens is 287 g/mol. The molecule has 0 aliphatic heterocycles. The number of nitrogens with one attached hydrogen (secondary N) is 1. The number of benzene rings is 2. The smallest absolute Gasteiger partial charge is 0.201 e. The van der Waals surface area contributed by atoms with Gasteiger partial charge in [0.2, 0.25) is 7.87 Å². The van der Waals surface area contributed by atoms with Crippen molar-refractivity contribution in [1.29, 1.82) is 0 Å². The molecule has 0 spiro atoms. The second kappa shape index (κ2) is 6.78. The maximum atomic E-state index is 12.2. The van der Waals surface area contributed by atoms with E-state index in [-0.39, 0.29) is 12.4 Å². The van der Waals surface area contributed by atoms with E-state index in [0.29, 0.717) is 11.0 Å². The molecule has 2 aromatic carbocycles. The molecule has 2 rings (SSSR count). The Labute approximate surface area is 124 Å². The van der Waals surface area contributed by atoms with E-state index in [2.05, 4.69) is 10.1 Å². The second-order valence-electron chi connectivity index (χ2n) is 4.54. The molecule has 0 saturated carbocycles. The van der Waals surface area contributed by atoms with Gasteiger partial charge in [0, 0.05) is 0 Å².